The summed E-state index contributed by atoms with van der Waals surface area (Å²) >= 11 is 5.75. The molecule has 0 bridgehead atoms. The van der Waals surface area contributed by atoms with Crippen LogP contribution in [0.4, 0.5) is 11.4 Å². The summed E-state index contributed by atoms with van der Waals surface area (Å²) < 4.78 is 16.4. The molecule has 1 atom stereocenters. The van der Waals surface area contributed by atoms with Gasteiger partial charge in [0.2, 0.25) is 12.7 Å². The monoisotopic (exact) mass is 503 g/mol. The number of hydrogen-bond donors (Lipinski definition) is 1. The van der Waals surface area contributed by atoms with Gasteiger partial charge in [0.1, 0.15) is 11.8 Å². The molecule has 2 aliphatic heterocycles. The van der Waals surface area contributed by atoms with Crippen molar-refractivity contribution in [2.45, 2.75) is 25.9 Å². The van der Waals surface area contributed by atoms with Gasteiger partial charge in [-0.3, -0.25) is 9.59 Å². The first-order chi connectivity index (χ1) is 17.5. The van der Waals surface area contributed by atoms with Crippen molar-refractivity contribution in [3.05, 3.63) is 78.4 Å². The molecular weight excluding hydrogens is 478 g/mol. The minimum atomic E-state index is -0.766. The second kappa shape index (κ2) is 10.2. The maximum absolute atomic E-state index is 13.6. The lowest BCUT2D eigenvalue weighted by molar-refractivity contribution is -0.122. The van der Waals surface area contributed by atoms with E-state index in [2.05, 4.69) is 5.32 Å². The number of nitrogens with one attached hydrogen (secondary N) is 1. The molecule has 0 aliphatic carbocycles. The SMILES string of the molecule is CCOc1ccc(N2C(=O)C[C@H](N(Cc3ccc4c(c3)OCO4)C(=S)Nc3ccccc3)C2=O)cc1. The third-order valence-electron chi connectivity index (χ3n) is 5.98. The maximum Gasteiger partial charge on any atom is 0.257 e. The number of carbonyl (C=O) groups excluding carboxylic acids is 2. The van der Waals surface area contributed by atoms with Crippen LogP contribution in [0.3, 0.4) is 0 Å². The van der Waals surface area contributed by atoms with Gasteiger partial charge in [0.25, 0.3) is 5.91 Å². The van der Waals surface area contributed by atoms with E-state index in [-0.39, 0.29) is 25.0 Å². The first-order valence-corrected chi connectivity index (χ1v) is 12.0. The zero-order valence-electron chi connectivity index (χ0n) is 19.7. The molecule has 8 nitrogen and oxygen atoms in total. The van der Waals surface area contributed by atoms with Gasteiger partial charge in [-0.1, -0.05) is 24.3 Å². The van der Waals surface area contributed by atoms with Gasteiger partial charge in [-0.2, -0.15) is 0 Å². The van der Waals surface area contributed by atoms with Crippen LogP contribution in [0.2, 0.25) is 0 Å². The summed E-state index contributed by atoms with van der Waals surface area (Å²) in [4.78, 5) is 29.6. The van der Waals surface area contributed by atoms with Gasteiger partial charge >= 0.3 is 0 Å². The van der Waals surface area contributed by atoms with Crippen LogP contribution in [0.15, 0.2) is 72.8 Å². The Balaban J connectivity index is 1.42. The third kappa shape index (κ3) is 4.83. The van der Waals surface area contributed by atoms with Crippen molar-refractivity contribution < 1.29 is 23.8 Å². The van der Waals surface area contributed by atoms with Gasteiger partial charge in [0, 0.05) is 12.2 Å². The molecule has 3 aromatic carbocycles. The van der Waals surface area contributed by atoms with E-state index in [4.69, 9.17) is 26.4 Å². The molecule has 36 heavy (non-hydrogen) atoms. The van der Waals surface area contributed by atoms with E-state index in [0.717, 1.165) is 11.3 Å². The zero-order valence-corrected chi connectivity index (χ0v) is 20.5. The highest BCUT2D eigenvalue weighted by Crippen LogP contribution is 2.34. The molecule has 5 rings (SSSR count). The van der Waals surface area contributed by atoms with E-state index in [1.807, 2.05) is 55.5 Å². The lowest BCUT2D eigenvalue weighted by atomic mass is 10.1. The number of ether oxygens (including phenoxy) is 3. The summed E-state index contributed by atoms with van der Waals surface area (Å²) in [6.07, 6.45) is 0.00715. The zero-order chi connectivity index (χ0) is 25.1. The first kappa shape index (κ1) is 23.6. The molecule has 0 saturated carbocycles. The van der Waals surface area contributed by atoms with Crippen molar-refractivity contribution in [3.63, 3.8) is 0 Å². The number of imide groups is 1. The molecule has 184 valence electrons. The number of thiocarbonyl (C=S) groups is 1. The van der Waals surface area contributed by atoms with Crippen LogP contribution in [-0.4, -0.2) is 41.3 Å². The Morgan fingerprint density at radius 1 is 1.06 bits per heavy atom. The molecule has 0 aromatic heterocycles. The molecule has 3 aromatic rings. The predicted molar refractivity (Wildman–Crippen MR) is 139 cm³/mol. The van der Waals surface area contributed by atoms with Crippen molar-refractivity contribution in [1.29, 1.82) is 0 Å². The number of amides is 2. The van der Waals surface area contributed by atoms with Crippen LogP contribution in [-0.2, 0) is 16.1 Å². The summed E-state index contributed by atoms with van der Waals surface area (Å²) in [5, 5.41) is 3.55. The predicted octanol–water partition coefficient (Wildman–Crippen LogP) is 4.35. The van der Waals surface area contributed by atoms with Crippen molar-refractivity contribution in [2.75, 3.05) is 23.6 Å². The Labute approximate surface area is 214 Å². The molecular formula is C27H25N3O5S. The number of benzene rings is 3. The second-order valence-electron chi connectivity index (χ2n) is 8.33. The number of anilines is 2. The van der Waals surface area contributed by atoms with E-state index < -0.39 is 6.04 Å². The van der Waals surface area contributed by atoms with Crippen molar-refractivity contribution >= 4 is 40.5 Å². The average Bonchev–Trinajstić information content (AvgIpc) is 3.47. The maximum atomic E-state index is 13.6. The van der Waals surface area contributed by atoms with Gasteiger partial charge in [0.15, 0.2) is 16.6 Å². The number of para-hydroxylation sites is 1. The van der Waals surface area contributed by atoms with Gasteiger partial charge in [-0.25, -0.2) is 4.90 Å². The molecule has 2 aliphatic rings. The lowest BCUT2D eigenvalue weighted by Crippen LogP contribution is -2.46. The highest BCUT2D eigenvalue weighted by molar-refractivity contribution is 7.80. The number of rotatable bonds is 7. The number of hydrogen-bond acceptors (Lipinski definition) is 6. The minimum absolute atomic E-state index is 0.00715. The van der Waals surface area contributed by atoms with Crippen LogP contribution in [0.1, 0.15) is 18.9 Å². The molecule has 1 saturated heterocycles. The van der Waals surface area contributed by atoms with E-state index in [1.165, 1.54) is 4.90 Å². The Bertz CT molecular complexity index is 1280. The summed E-state index contributed by atoms with van der Waals surface area (Å²) in [5.41, 5.74) is 2.16. The molecule has 1 N–H and O–H groups in total. The third-order valence-corrected chi connectivity index (χ3v) is 6.32. The average molecular weight is 504 g/mol. The Morgan fingerprint density at radius 2 is 1.81 bits per heavy atom. The smallest absolute Gasteiger partial charge is 0.257 e. The number of fused-ring (bicyclic) bond motifs is 1. The molecule has 1 fully saturated rings. The van der Waals surface area contributed by atoms with Crippen LogP contribution in [0, 0.1) is 0 Å². The van der Waals surface area contributed by atoms with Crippen LogP contribution in [0.5, 0.6) is 17.2 Å². The largest absolute Gasteiger partial charge is 0.494 e. The van der Waals surface area contributed by atoms with Gasteiger partial charge in [-0.15, -0.1) is 0 Å². The quantitative estimate of drug-likeness (QED) is 0.377. The molecule has 0 radical (unpaired) electrons. The Kier molecular flexibility index (Phi) is 6.73. The van der Waals surface area contributed by atoms with Crippen molar-refractivity contribution in [2.24, 2.45) is 0 Å². The summed E-state index contributed by atoms with van der Waals surface area (Å²) in [6.45, 7) is 2.90. The number of nitrogens with zero attached hydrogens (tertiary/aromatic N) is 2. The Morgan fingerprint density at radius 3 is 2.56 bits per heavy atom. The van der Waals surface area contributed by atoms with Crippen molar-refractivity contribution in [1.82, 2.24) is 4.90 Å². The molecule has 2 amide bonds. The molecule has 0 spiro atoms. The number of carbonyl (C=O) groups is 2. The van der Waals surface area contributed by atoms with E-state index in [9.17, 15) is 9.59 Å². The fourth-order valence-corrected chi connectivity index (χ4v) is 4.57. The van der Waals surface area contributed by atoms with Gasteiger partial charge < -0.3 is 24.4 Å². The molecule has 0 unspecified atom stereocenters. The van der Waals surface area contributed by atoms with E-state index in [0.29, 0.717) is 41.2 Å². The highest BCUT2D eigenvalue weighted by atomic mass is 32.1. The molecule has 9 heteroatoms. The van der Waals surface area contributed by atoms with Gasteiger partial charge in [0.05, 0.1) is 18.7 Å². The summed E-state index contributed by atoms with van der Waals surface area (Å²) in [6, 6.07) is 21.2. The van der Waals surface area contributed by atoms with Crippen LogP contribution < -0.4 is 24.4 Å². The first-order valence-electron chi connectivity index (χ1n) is 11.6. The minimum Gasteiger partial charge on any atom is -0.494 e. The fraction of sp³-hybridized carbons (Fsp3) is 0.222. The van der Waals surface area contributed by atoms with Crippen molar-refractivity contribution in [3.8, 4) is 17.2 Å². The standard InChI is InChI=1S/C27H25N3O5S/c1-2-33-21-11-9-20(10-12-21)30-25(31)15-22(26(30)32)29(27(36)28-19-6-4-3-5-7-19)16-18-8-13-23-24(14-18)35-17-34-23/h3-14,22H,2,15-17H2,1H3,(H,28,36)/t22-/m0/s1. The summed E-state index contributed by atoms with van der Waals surface area (Å²) in [5.74, 6) is 1.37. The van der Waals surface area contributed by atoms with Crippen LogP contribution in [0.25, 0.3) is 0 Å². The topological polar surface area (TPSA) is 80.3 Å². The molecule has 2 heterocycles. The van der Waals surface area contributed by atoms with E-state index in [1.54, 1.807) is 29.2 Å². The van der Waals surface area contributed by atoms with Gasteiger partial charge in [-0.05, 0) is 73.2 Å². The second-order valence-corrected chi connectivity index (χ2v) is 8.71. The summed E-state index contributed by atoms with van der Waals surface area (Å²) in [7, 11) is 0. The van der Waals surface area contributed by atoms with E-state index >= 15 is 0 Å². The fourth-order valence-electron chi connectivity index (χ4n) is 4.27. The Hall–Kier alpha value is -4.11. The normalized spacial score (nSPS) is 16.2. The lowest BCUT2D eigenvalue weighted by Gasteiger charge is -2.30. The highest BCUT2D eigenvalue weighted by Gasteiger charge is 2.43. The van der Waals surface area contributed by atoms with Crippen LogP contribution >= 0.6 is 12.2 Å².